The van der Waals surface area contributed by atoms with Crippen LogP contribution in [0.3, 0.4) is 0 Å². The second kappa shape index (κ2) is 6.49. The summed E-state index contributed by atoms with van der Waals surface area (Å²) in [6.45, 7) is 0.205. The van der Waals surface area contributed by atoms with Crippen molar-refractivity contribution in [3.05, 3.63) is 52.5 Å². The monoisotopic (exact) mass is 323 g/mol. The van der Waals surface area contributed by atoms with Gasteiger partial charge >= 0.3 is 5.97 Å². The van der Waals surface area contributed by atoms with E-state index in [-0.39, 0.29) is 6.61 Å². The van der Waals surface area contributed by atoms with Crippen molar-refractivity contribution < 1.29 is 9.53 Å². The number of ether oxygens (including phenoxy) is 1. The smallest absolute Gasteiger partial charge is 0.323 e. The quantitative estimate of drug-likeness (QED) is 0.822. The molecule has 0 fully saturated rings. The van der Waals surface area contributed by atoms with E-state index in [1.807, 2.05) is 24.3 Å². The molecule has 2 aromatic rings. The molecule has 100 valence electrons. The lowest BCUT2D eigenvalue weighted by Crippen LogP contribution is -2.34. The summed E-state index contributed by atoms with van der Waals surface area (Å²) in [5.74, 6) is -0.426. The van der Waals surface area contributed by atoms with Gasteiger partial charge in [0.05, 0.1) is 6.33 Å². The van der Waals surface area contributed by atoms with Crippen molar-refractivity contribution in [2.75, 3.05) is 0 Å². The molecule has 1 aromatic carbocycles. The Bertz CT molecular complexity index is 543. The first kappa shape index (κ1) is 13.8. The van der Waals surface area contributed by atoms with Crippen LogP contribution in [-0.2, 0) is 22.6 Å². The number of hydrogen-bond acceptors (Lipinski definition) is 4. The van der Waals surface area contributed by atoms with Crippen LogP contribution in [0.2, 0.25) is 0 Å². The normalized spacial score (nSPS) is 12.1. The molecule has 3 N–H and O–H groups in total. The summed E-state index contributed by atoms with van der Waals surface area (Å²) in [6.07, 6.45) is 3.57. The molecule has 0 bridgehead atoms. The highest BCUT2D eigenvalue weighted by Crippen LogP contribution is 2.16. The van der Waals surface area contributed by atoms with Crippen LogP contribution in [0.1, 0.15) is 11.3 Å². The van der Waals surface area contributed by atoms with Gasteiger partial charge in [0, 0.05) is 28.3 Å². The van der Waals surface area contributed by atoms with Gasteiger partial charge < -0.3 is 15.5 Å². The Morgan fingerprint density at radius 3 is 2.95 bits per heavy atom. The van der Waals surface area contributed by atoms with E-state index in [9.17, 15) is 4.79 Å². The molecule has 1 unspecified atom stereocenters. The number of nitrogens with two attached hydrogens (primary N) is 1. The van der Waals surface area contributed by atoms with Crippen LogP contribution in [0.4, 0.5) is 0 Å². The van der Waals surface area contributed by atoms with Crippen molar-refractivity contribution >= 4 is 21.9 Å². The fourth-order valence-corrected chi connectivity index (χ4v) is 1.99. The molecule has 0 saturated carbocycles. The highest BCUT2D eigenvalue weighted by atomic mass is 79.9. The van der Waals surface area contributed by atoms with Crippen molar-refractivity contribution in [1.29, 1.82) is 0 Å². The maximum absolute atomic E-state index is 11.8. The Balaban J connectivity index is 1.86. The average molecular weight is 324 g/mol. The highest BCUT2D eigenvalue weighted by Gasteiger charge is 2.16. The minimum absolute atomic E-state index is 0.205. The summed E-state index contributed by atoms with van der Waals surface area (Å²) < 4.78 is 6.10. The molecule has 19 heavy (non-hydrogen) atoms. The summed E-state index contributed by atoms with van der Waals surface area (Å²) in [5.41, 5.74) is 7.49. The fourth-order valence-electron chi connectivity index (χ4n) is 1.59. The Hall–Kier alpha value is -1.66. The molecule has 6 heteroatoms. The number of benzene rings is 1. The molecule has 0 amide bonds. The summed E-state index contributed by atoms with van der Waals surface area (Å²) in [7, 11) is 0. The second-order valence-corrected chi connectivity index (χ2v) is 4.94. The third-order valence-electron chi connectivity index (χ3n) is 2.63. The molecule has 0 saturated heterocycles. The van der Waals surface area contributed by atoms with E-state index >= 15 is 0 Å². The van der Waals surface area contributed by atoms with E-state index < -0.39 is 12.0 Å². The zero-order chi connectivity index (χ0) is 13.7. The topological polar surface area (TPSA) is 81.0 Å². The predicted octanol–water partition coefficient (Wildman–Crippen LogP) is 1.79. The Labute approximate surface area is 119 Å². The summed E-state index contributed by atoms with van der Waals surface area (Å²) in [5, 5.41) is 0. The zero-order valence-corrected chi connectivity index (χ0v) is 11.8. The molecule has 0 aliphatic heterocycles. The molecule has 0 aliphatic carbocycles. The first-order chi connectivity index (χ1) is 9.16. The number of H-pyrrole nitrogens is 1. The van der Waals surface area contributed by atoms with Crippen LogP contribution < -0.4 is 5.73 Å². The van der Waals surface area contributed by atoms with Gasteiger partial charge in [-0.25, -0.2) is 4.98 Å². The van der Waals surface area contributed by atoms with Gasteiger partial charge in [-0.3, -0.25) is 4.79 Å². The van der Waals surface area contributed by atoms with Gasteiger partial charge in [0.25, 0.3) is 0 Å². The molecular weight excluding hydrogens is 310 g/mol. The zero-order valence-electron chi connectivity index (χ0n) is 10.2. The Morgan fingerprint density at radius 2 is 2.26 bits per heavy atom. The van der Waals surface area contributed by atoms with E-state index in [1.54, 1.807) is 12.5 Å². The van der Waals surface area contributed by atoms with Gasteiger partial charge in [0.1, 0.15) is 12.6 Å². The number of hydrogen-bond donors (Lipinski definition) is 2. The maximum Gasteiger partial charge on any atom is 0.323 e. The van der Waals surface area contributed by atoms with Crippen molar-refractivity contribution in [2.24, 2.45) is 5.73 Å². The number of rotatable bonds is 5. The number of nitrogens with one attached hydrogen (secondary N) is 1. The Kier molecular flexibility index (Phi) is 4.70. The van der Waals surface area contributed by atoms with E-state index in [2.05, 4.69) is 25.9 Å². The molecule has 1 heterocycles. The van der Waals surface area contributed by atoms with Crippen LogP contribution in [0.5, 0.6) is 0 Å². The number of nitrogens with zero attached hydrogens (tertiary/aromatic N) is 1. The number of aromatic amines is 1. The minimum atomic E-state index is -0.692. The van der Waals surface area contributed by atoms with Gasteiger partial charge in [0.15, 0.2) is 0 Å². The first-order valence-electron chi connectivity index (χ1n) is 5.79. The lowest BCUT2D eigenvalue weighted by Gasteiger charge is -2.11. The minimum Gasteiger partial charge on any atom is -0.460 e. The van der Waals surface area contributed by atoms with Crippen molar-refractivity contribution in [3.63, 3.8) is 0 Å². The van der Waals surface area contributed by atoms with Crippen molar-refractivity contribution in [1.82, 2.24) is 9.97 Å². The van der Waals surface area contributed by atoms with Crippen LogP contribution in [0.15, 0.2) is 41.3 Å². The molecule has 0 aliphatic rings. The molecular formula is C13H14BrN3O2. The van der Waals surface area contributed by atoms with E-state index in [0.29, 0.717) is 6.42 Å². The molecule has 1 atom stereocenters. The molecule has 5 nitrogen and oxygen atoms in total. The lowest BCUT2D eigenvalue weighted by molar-refractivity contribution is -0.146. The maximum atomic E-state index is 11.8. The predicted molar refractivity (Wildman–Crippen MR) is 74.2 cm³/mol. The summed E-state index contributed by atoms with van der Waals surface area (Å²) >= 11 is 3.40. The van der Waals surface area contributed by atoms with Gasteiger partial charge in [-0.05, 0) is 6.07 Å². The molecule has 2 rings (SSSR count). The Morgan fingerprint density at radius 1 is 1.47 bits per heavy atom. The van der Waals surface area contributed by atoms with E-state index in [1.165, 1.54) is 0 Å². The standard InChI is InChI=1S/C13H14BrN3O2/c14-11-4-2-1-3-9(11)7-19-13(18)12(15)5-10-6-16-8-17-10/h1-4,6,8,12H,5,7,15H2,(H,16,17). The average Bonchev–Trinajstić information content (AvgIpc) is 2.90. The van der Waals surface area contributed by atoms with Gasteiger partial charge in [0.2, 0.25) is 0 Å². The van der Waals surface area contributed by atoms with Gasteiger partial charge in [-0.1, -0.05) is 34.1 Å². The first-order valence-corrected chi connectivity index (χ1v) is 6.59. The van der Waals surface area contributed by atoms with Crippen LogP contribution >= 0.6 is 15.9 Å². The van der Waals surface area contributed by atoms with Crippen LogP contribution in [-0.4, -0.2) is 22.0 Å². The summed E-state index contributed by atoms with van der Waals surface area (Å²) in [4.78, 5) is 18.5. The molecule has 0 spiro atoms. The molecule has 0 radical (unpaired) electrons. The van der Waals surface area contributed by atoms with Gasteiger partial charge in [-0.15, -0.1) is 0 Å². The fraction of sp³-hybridized carbons (Fsp3) is 0.231. The van der Waals surface area contributed by atoms with Gasteiger partial charge in [-0.2, -0.15) is 0 Å². The second-order valence-electron chi connectivity index (χ2n) is 4.09. The lowest BCUT2D eigenvalue weighted by atomic mass is 10.2. The number of carbonyl (C=O) groups excluding carboxylic acids is 1. The largest absolute Gasteiger partial charge is 0.460 e. The third kappa shape index (κ3) is 3.90. The third-order valence-corrected chi connectivity index (χ3v) is 3.40. The van der Waals surface area contributed by atoms with Crippen LogP contribution in [0.25, 0.3) is 0 Å². The number of imidazole rings is 1. The molecule has 1 aromatic heterocycles. The SMILES string of the molecule is NC(Cc1cnc[nH]1)C(=O)OCc1ccccc1Br. The van der Waals surface area contributed by atoms with E-state index in [4.69, 9.17) is 10.5 Å². The number of aromatic nitrogens is 2. The number of carbonyl (C=O) groups is 1. The number of halogens is 1. The number of esters is 1. The summed E-state index contributed by atoms with van der Waals surface area (Å²) in [6, 6.07) is 6.88. The highest BCUT2D eigenvalue weighted by molar-refractivity contribution is 9.10. The van der Waals surface area contributed by atoms with E-state index in [0.717, 1.165) is 15.7 Å². The van der Waals surface area contributed by atoms with Crippen molar-refractivity contribution in [3.8, 4) is 0 Å². The van der Waals surface area contributed by atoms with Crippen LogP contribution in [0, 0.1) is 0 Å². The van der Waals surface area contributed by atoms with Crippen molar-refractivity contribution in [2.45, 2.75) is 19.1 Å².